The molecule has 0 N–H and O–H groups in total. The first-order valence-electron chi connectivity index (χ1n) is 9.09. The molecule has 1 aliphatic heterocycles. The SMILES string of the molecule is Cc1ccc2c(C(=O)N3CCCC(c4nc(C(C)C)no4)C3)cnn2c1. The Morgan fingerprint density at radius 2 is 2.19 bits per heavy atom. The van der Waals surface area contributed by atoms with Gasteiger partial charge in [0.25, 0.3) is 5.91 Å². The van der Waals surface area contributed by atoms with Crippen molar-refractivity contribution in [1.82, 2.24) is 24.7 Å². The molecule has 0 radical (unpaired) electrons. The molecular formula is C19H23N5O2. The summed E-state index contributed by atoms with van der Waals surface area (Å²) in [6.45, 7) is 7.43. The Morgan fingerprint density at radius 3 is 2.96 bits per heavy atom. The summed E-state index contributed by atoms with van der Waals surface area (Å²) >= 11 is 0. The van der Waals surface area contributed by atoms with E-state index in [9.17, 15) is 4.79 Å². The normalized spacial score (nSPS) is 18.0. The number of likely N-dealkylation sites (tertiary alicyclic amines) is 1. The number of fused-ring (bicyclic) bond motifs is 1. The second-order valence-electron chi connectivity index (χ2n) is 7.33. The Morgan fingerprint density at radius 1 is 1.35 bits per heavy atom. The average molecular weight is 353 g/mol. The zero-order valence-electron chi connectivity index (χ0n) is 15.3. The van der Waals surface area contributed by atoms with E-state index in [4.69, 9.17) is 4.52 Å². The van der Waals surface area contributed by atoms with Crippen LogP contribution < -0.4 is 0 Å². The maximum Gasteiger partial charge on any atom is 0.257 e. The topological polar surface area (TPSA) is 76.5 Å². The molecule has 1 saturated heterocycles. The number of aromatic nitrogens is 4. The Hall–Kier alpha value is -2.70. The van der Waals surface area contributed by atoms with E-state index in [0.717, 1.165) is 36.3 Å². The highest BCUT2D eigenvalue weighted by atomic mass is 16.5. The van der Waals surface area contributed by atoms with Crippen LogP contribution in [-0.2, 0) is 0 Å². The van der Waals surface area contributed by atoms with E-state index in [2.05, 4.69) is 15.2 Å². The number of rotatable bonds is 3. The van der Waals surface area contributed by atoms with Crippen LogP contribution in [0.2, 0.25) is 0 Å². The lowest BCUT2D eigenvalue weighted by Crippen LogP contribution is -2.39. The van der Waals surface area contributed by atoms with Crippen molar-refractivity contribution < 1.29 is 9.32 Å². The maximum absolute atomic E-state index is 13.1. The Balaban J connectivity index is 1.55. The minimum Gasteiger partial charge on any atom is -0.339 e. The summed E-state index contributed by atoms with van der Waals surface area (Å²) in [5.74, 6) is 1.70. The van der Waals surface area contributed by atoms with Crippen LogP contribution in [0.4, 0.5) is 0 Å². The van der Waals surface area contributed by atoms with E-state index in [1.165, 1.54) is 0 Å². The first kappa shape index (κ1) is 16.8. The maximum atomic E-state index is 13.1. The van der Waals surface area contributed by atoms with Crippen molar-refractivity contribution in [3.63, 3.8) is 0 Å². The van der Waals surface area contributed by atoms with E-state index >= 15 is 0 Å². The van der Waals surface area contributed by atoms with Gasteiger partial charge in [-0.2, -0.15) is 10.1 Å². The summed E-state index contributed by atoms with van der Waals surface area (Å²) in [7, 11) is 0. The third-order valence-corrected chi connectivity index (χ3v) is 4.93. The molecule has 1 amide bonds. The Kier molecular flexibility index (Phi) is 4.22. The smallest absolute Gasteiger partial charge is 0.257 e. The number of amides is 1. The van der Waals surface area contributed by atoms with Crippen LogP contribution in [0.3, 0.4) is 0 Å². The fourth-order valence-corrected chi connectivity index (χ4v) is 3.43. The van der Waals surface area contributed by atoms with Gasteiger partial charge < -0.3 is 9.42 Å². The van der Waals surface area contributed by atoms with Gasteiger partial charge in [-0.15, -0.1) is 0 Å². The van der Waals surface area contributed by atoms with Crippen LogP contribution in [0.15, 0.2) is 29.0 Å². The molecule has 0 aromatic carbocycles. The van der Waals surface area contributed by atoms with Crippen molar-refractivity contribution in [3.05, 3.63) is 47.4 Å². The lowest BCUT2D eigenvalue weighted by Gasteiger charge is -2.30. The van der Waals surface area contributed by atoms with Crippen LogP contribution in [0, 0.1) is 6.92 Å². The first-order valence-corrected chi connectivity index (χ1v) is 9.09. The van der Waals surface area contributed by atoms with Crippen LogP contribution in [0.1, 0.15) is 66.2 Å². The van der Waals surface area contributed by atoms with Crippen LogP contribution in [0.25, 0.3) is 5.52 Å². The molecule has 0 aliphatic carbocycles. The molecule has 0 spiro atoms. The number of hydrogen-bond donors (Lipinski definition) is 0. The van der Waals surface area contributed by atoms with Gasteiger partial charge in [-0.25, -0.2) is 4.52 Å². The minimum absolute atomic E-state index is 0.0113. The molecule has 1 fully saturated rings. The fourth-order valence-electron chi connectivity index (χ4n) is 3.43. The second kappa shape index (κ2) is 6.55. The molecule has 7 nitrogen and oxygen atoms in total. The van der Waals surface area contributed by atoms with E-state index in [-0.39, 0.29) is 17.7 Å². The molecule has 1 atom stereocenters. The van der Waals surface area contributed by atoms with Crippen molar-refractivity contribution in [2.24, 2.45) is 0 Å². The highest BCUT2D eigenvalue weighted by Gasteiger charge is 2.30. The highest BCUT2D eigenvalue weighted by Crippen LogP contribution is 2.28. The molecule has 26 heavy (non-hydrogen) atoms. The lowest BCUT2D eigenvalue weighted by molar-refractivity contribution is 0.0697. The monoisotopic (exact) mass is 353 g/mol. The summed E-state index contributed by atoms with van der Waals surface area (Å²) < 4.78 is 7.21. The quantitative estimate of drug-likeness (QED) is 0.723. The number of nitrogens with zero attached hydrogens (tertiary/aromatic N) is 5. The summed E-state index contributed by atoms with van der Waals surface area (Å²) in [4.78, 5) is 19.5. The van der Waals surface area contributed by atoms with Crippen molar-refractivity contribution in [3.8, 4) is 0 Å². The molecule has 1 unspecified atom stereocenters. The molecule has 3 aromatic heterocycles. The van der Waals surface area contributed by atoms with Gasteiger partial charge in [-0.05, 0) is 31.4 Å². The van der Waals surface area contributed by atoms with Crippen molar-refractivity contribution >= 4 is 11.4 Å². The summed E-state index contributed by atoms with van der Waals surface area (Å²) in [6, 6.07) is 3.95. The molecule has 0 saturated carbocycles. The molecule has 1 aliphatic rings. The molecule has 4 heterocycles. The first-order chi connectivity index (χ1) is 12.5. The molecule has 136 valence electrons. The number of pyridine rings is 1. The molecule has 7 heteroatoms. The summed E-state index contributed by atoms with van der Waals surface area (Å²) in [5.41, 5.74) is 2.58. The van der Waals surface area contributed by atoms with Gasteiger partial charge in [-0.3, -0.25) is 4.79 Å². The minimum atomic E-state index is 0.0113. The van der Waals surface area contributed by atoms with Crippen molar-refractivity contribution in [2.45, 2.75) is 45.4 Å². The molecule has 3 aromatic rings. The van der Waals surface area contributed by atoms with E-state index < -0.39 is 0 Å². The van der Waals surface area contributed by atoms with Gasteiger partial charge in [0.1, 0.15) is 0 Å². The molecular weight excluding hydrogens is 330 g/mol. The number of hydrogen-bond acceptors (Lipinski definition) is 5. The molecule has 4 rings (SSSR count). The van der Waals surface area contributed by atoms with Crippen molar-refractivity contribution in [2.75, 3.05) is 13.1 Å². The van der Waals surface area contributed by atoms with E-state index in [1.807, 2.05) is 44.0 Å². The van der Waals surface area contributed by atoms with Crippen molar-refractivity contribution in [1.29, 1.82) is 0 Å². The third kappa shape index (κ3) is 2.98. The van der Waals surface area contributed by atoms with Gasteiger partial charge in [-0.1, -0.05) is 25.1 Å². The Labute approximate surface area is 152 Å². The van der Waals surface area contributed by atoms with E-state index in [0.29, 0.717) is 18.0 Å². The van der Waals surface area contributed by atoms with Crippen LogP contribution in [0.5, 0.6) is 0 Å². The van der Waals surface area contributed by atoms with Gasteiger partial charge in [0.2, 0.25) is 5.89 Å². The van der Waals surface area contributed by atoms with E-state index in [1.54, 1.807) is 10.7 Å². The largest absolute Gasteiger partial charge is 0.339 e. The number of carbonyl (C=O) groups excluding carboxylic acids is 1. The number of aryl methyl sites for hydroxylation is 1. The van der Waals surface area contributed by atoms with Gasteiger partial charge in [0.05, 0.1) is 23.2 Å². The van der Waals surface area contributed by atoms with Gasteiger partial charge >= 0.3 is 0 Å². The lowest BCUT2D eigenvalue weighted by atomic mass is 9.97. The standard InChI is InChI=1S/C19H23N5O2/c1-12(2)17-21-18(26-22-17)14-5-4-8-23(11-14)19(25)15-9-20-24-10-13(3)6-7-16(15)24/h6-7,9-10,12,14H,4-5,8,11H2,1-3H3. The zero-order valence-corrected chi connectivity index (χ0v) is 15.3. The third-order valence-electron chi connectivity index (χ3n) is 4.93. The predicted molar refractivity (Wildman–Crippen MR) is 96.2 cm³/mol. The van der Waals surface area contributed by atoms with Gasteiger partial charge in [0, 0.05) is 25.2 Å². The van der Waals surface area contributed by atoms with Gasteiger partial charge in [0.15, 0.2) is 5.82 Å². The number of piperidine rings is 1. The van der Waals surface area contributed by atoms with Crippen LogP contribution >= 0.6 is 0 Å². The zero-order chi connectivity index (χ0) is 18.3. The highest BCUT2D eigenvalue weighted by molar-refractivity contribution is 6.00. The summed E-state index contributed by atoms with van der Waals surface area (Å²) in [6.07, 6.45) is 5.47. The fraction of sp³-hybridized carbons (Fsp3) is 0.474. The second-order valence-corrected chi connectivity index (χ2v) is 7.33. The molecule has 0 bridgehead atoms. The van der Waals surface area contributed by atoms with Crippen LogP contribution in [-0.4, -0.2) is 43.7 Å². The summed E-state index contributed by atoms with van der Waals surface area (Å²) in [5, 5.41) is 8.38. The Bertz CT molecular complexity index is 942. The number of carbonyl (C=O) groups is 1. The average Bonchev–Trinajstić information content (AvgIpc) is 3.28. The predicted octanol–water partition coefficient (Wildman–Crippen LogP) is 3.17.